The lowest BCUT2D eigenvalue weighted by Gasteiger charge is -2.20. The second kappa shape index (κ2) is 8.91. The minimum Gasteiger partial charge on any atom is -0.496 e. The minimum absolute atomic E-state index is 0.301. The molecule has 28 heavy (non-hydrogen) atoms. The first-order valence-electron chi connectivity index (χ1n) is 10.6. The molecule has 2 aromatic rings. The zero-order valence-electron chi connectivity index (χ0n) is 17.8. The highest BCUT2D eigenvalue weighted by Crippen LogP contribution is 2.37. The van der Waals surface area contributed by atoms with Crippen molar-refractivity contribution in [1.29, 1.82) is 0 Å². The fourth-order valence-corrected chi connectivity index (χ4v) is 4.00. The van der Waals surface area contributed by atoms with Gasteiger partial charge in [0.05, 0.1) is 30.3 Å². The summed E-state index contributed by atoms with van der Waals surface area (Å²) in [5.74, 6) is 1.71. The van der Waals surface area contributed by atoms with Gasteiger partial charge >= 0.3 is 0 Å². The molecule has 0 radical (unpaired) electrons. The molecule has 0 bridgehead atoms. The molecule has 0 amide bonds. The normalized spacial score (nSPS) is 15.8. The molecule has 0 aliphatic heterocycles. The van der Waals surface area contributed by atoms with Gasteiger partial charge < -0.3 is 15.2 Å². The first kappa shape index (κ1) is 20.6. The SMILES string of the molecule is CCc1nc(-c2cc3c(cc2OC)CC(O)C3)c(CC)nc1NC(CC)CC. The van der Waals surface area contributed by atoms with Crippen LogP contribution in [0.5, 0.6) is 5.75 Å². The average Bonchev–Trinajstić information content (AvgIpc) is 3.09. The van der Waals surface area contributed by atoms with Crippen LogP contribution in [0.3, 0.4) is 0 Å². The van der Waals surface area contributed by atoms with Crippen molar-refractivity contribution in [2.45, 2.75) is 78.4 Å². The monoisotopic (exact) mass is 383 g/mol. The van der Waals surface area contributed by atoms with E-state index in [1.807, 2.05) is 0 Å². The summed E-state index contributed by atoms with van der Waals surface area (Å²) in [6.07, 6.45) is 4.82. The van der Waals surface area contributed by atoms with Gasteiger partial charge in [-0.25, -0.2) is 9.97 Å². The van der Waals surface area contributed by atoms with Crippen molar-refractivity contribution in [3.8, 4) is 17.0 Å². The van der Waals surface area contributed by atoms with Crippen molar-refractivity contribution in [2.24, 2.45) is 0 Å². The van der Waals surface area contributed by atoms with E-state index in [1.165, 1.54) is 11.1 Å². The molecular weight excluding hydrogens is 350 g/mol. The van der Waals surface area contributed by atoms with Gasteiger partial charge in [0.2, 0.25) is 0 Å². The summed E-state index contributed by atoms with van der Waals surface area (Å²) < 4.78 is 5.70. The molecule has 2 N–H and O–H groups in total. The summed E-state index contributed by atoms with van der Waals surface area (Å²) in [5, 5.41) is 13.6. The second-order valence-electron chi connectivity index (χ2n) is 7.56. The van der Waals surface area contributed by atoms with Crippen LogP contribution in [0.15, 0.2) is 12.1 Å². The number of benzene rings is 1. The summed E-state index contributed by atoms with van der Waals surface area (Å²) in [7, 11) is 1.69. The van der Waals surface area contributed by atoms with Crippen LogP contribution in [0.1, 0.15) is 63.1 Å². The lowest BCUT2D eigenvalue weighted by atomic mass is 10.0. The van der Waals surface area contributed by atoms with E-state index in [-0.39, 0.29) is 6.10 Å². The quantitative estimate of drug-likeness (QED) is 0.710. The maximum absolute atomic E-state index is 10.0. The van der Waals surface area contributed by atoms with Crippen LogP contribution in [0.25, 0.3) is 11.3 Å². The van der Waals surface area contributed by atoms with Gasteiger partial charge in [-0.3, -0.25) is 0 Å². The standard InChI is InChI=1S/C23H33N3O2/c1-6-16(7-2)24-23-20(9-4)25-22(19(8-3)26-23)18-12-14-10-17(27)11-15(14)13-21(18)28-5/h12-13,16-17,27H,6-11H2,1-5H3,(H,24,26). The number of nitrogens with zero attached hydrogens (tertiary/aromatic N) is 2. The Bertz CT molecular complexity index is 831. The molecule has 0 spiro atoms. The Kier molecular flexibility index (Phi) is 6.55. The number of hydrogen-bond donors (Lipinski definition) is 2. The highest BCUT2D eigenvalue weighted by atomic mass is 16.5. The van der Waals surface area contributed by atoms with Crippen LogP contribution in [-0.2, 0) is 25.7 Å². The summed E-state index contributed by atoms with van der Waals surface area (Å²) in [5.41, 5.74) is 6.19. The lowest BCUT2D eigenvalue weighted by Crippen LogP contribution is -2.20. The summed E-state index contributed by atoms with van der Waals surface area (Å²) in [6.45, 7) is 8.62. The van der Waals surface area contributed by atoms with Crippen molar-refractivity contribution in [3.63, 3.8) is 0 Å². The fraction of sp³-hybridized carbons (Fsp3) is 0.565. The van der Waals surface area contributed by atoms with E-state index in [0.29, 0.717) is 18.9 Å². The summed E-state index contributed by atoms with van der Waals surface area (Å²) >= 11 is 0. The van der Waals surface area contributed by atoms with Crippen molar-refractivity contribution in [2.75, 3.05) is 12.4 Å². The number of aromatic nitrogens is 2. The molecule has 0 saturated heterocycles. The lowest BCUT2D eigenvalue weighted by molar-refractivity contribution is 0.187. The molecule has 5 nitrogen and oxygen atoms in total. The molecule has 1 atom stereocenters. The van der Waals surface area contributed by atoms with E-state index in [9.17, 15) is 5.11 Å². The zero-order valence-corrected chi connectivity index (χ0v) is 17.8. The summed E-state index contributed by atoms with van der Waals surface area (Å²) in [6, 6.07) is 4.61. The van der Waals surface area contributed by atoms with E-state index in [1.54, 1.807) is 7.11 Å². The van der Waals surface area contributed by atoms with Crippen LogP contribution in [0.2, 0.25) is 0 Å². The van der Waals surface area contributed by atoms with Crippen LogP contribution < -0.4 is 10.1 Å². The number of anilines is 1. The van der Waals surface area contributed by atoms with Gasteiger partial charge in [0.25, 0.3) is 0 Å². The van der Waals surface area contributed by atoms with Crippen molar-refractivity contribution < 1.29 is 9.84 Å². The predicted octanol–water partition coefficient (Wildman–Crippen LogP) is 4.34. The number of ether oxygens (including phenoxy) is 1. The number of methoxy groups -OCH3 is 1. The maximum Gasteiger partial charge on any atom is 0.148 e. The van der Waals surface area contributed by atoms with E-state index in [2.05, 4.69) is 45.1 Å². The zero-order chi connectivity index (χ0) is 20.3. The Morgan fingerprint density at radius 2 is 1.68 bits per heavy atom. The molecule has 1 aromatic carbocycles. The largest absolute Gasteiger partial charge is 0.496 e. The number of nitrogens with one attached hydrogen (secondary N) is 1. The molecule has 1 unspecified atom stereocenters. The first-order chi connectivity index (χ1) is 13.5. The van der Waals surface area contributed by atoms with Gasteiger partial charge in [0.1, 0.15) is 11.6 Å². The molecular formula is C23H33N3O2. The molecule has 0 fully saturated rings. The number of aryl methyl sites for hydroxylation is 2. The fourth-order valence-electron chi connectivity index (χ4n) is 4.00. The third-order valence-corrected chi connectivity index (χ3v) is 5.72. The number of hydrogen-bond acceptors (Lipinski definition) is 5. The van der Waals surface area contributed by atoms with Gasteiger partial charge in [0.15, 0.2) is 0 Å². The van der Waals surface area contributed by atoms with Gasteiger partial charge in [-0.1, -0.05) is 27.7 Å². The number of aliphatic hydroxyl groups is 1. The Balaban J connectivity index is 2.11. The highest BCUT2D eigenvalue weighted by Gasteiger charge is 2.24. The van der Waals surface area contributed by atoms with Crippen LogP contribution in [-0.4, -0.2) is 34.3 Å². The van der Waals surface area contributed by atoms with E-state index < -0.39 is 0 Å². The Labute approximate surface area is 168 Å². The van der Waals surface area contributed by atoms with Gasteiger partial charge in [0, 0.05) is 11.6 Å². The molecule has 0 saturated carbocycles. The second-order valence-corrected chi connectivity index (χ2v) is 7.56. The third-order valence-electron chi connectivity index (χ3n) is 5.72. The summed E-state index contributed by atoms with van der Waals surface area (Å²) in [4.78, 5) is 10.0. The minimum atomic E-state index is -0.301. The topological polar surface area (TPSA) is 67.3 Å². The number of aliphatic hydroxyl groups excluding tert-OH is 1. The molecule has 1 aliphatic rings. The van der Waals surface area contributed by atoms with Crippen LogP contribution >= 0.6 is 0 Å². The van der Waals surface area contributed by atoms with Crippen molar-refractivity contribution in [3.05, 3.63) is 34.6 Å². The molecule has 1 aromatic heterocycles. The number of rotatable bonds is 8. The smallest absolute Gasteiger partial charge is 0.148 e. The molecule has 152 valence electrons. The van der Waals surface area contributed by atoms with E-state index in [4.69, 9.17) is 14.7 Å². The molecule has 3 rings (SSSR count). The Morgan fingerprint density at radius 3 is 2.25 bits per heavy atom. The van der Waals surface area contributed by atoms with E-state index in [0.717, 1.165) is 59.9 Å². The predicted molar refractivity (Wildman–Crippen MR) is 114 cm³/mol. The van der Waals surface area contributed by atoms with Crippen LogP contribution in [0.4, 0.5) is 5.82 Å². The third kappa shape index (κ3) is 4.00. The van der Waals surface area contributed by atoms with Gasteiger partial charge in [-0.2, -0.15) is 0 Å². The van der Waals surface area contributed by atoms with Crippen molar-refractivity contribution in [1.82, 2.24) is 9.97 Å². The van der Waals surface area contributed by atoms with Gasteiger partial charge in [-0.05, 0) is 61.8 Å². The van der Waals surface area contributed by atoms with Crippen molar-refractivity contribution >= 4 is 5.82 Å². The Morgan fingerprint density at radius 1 is 1.04 bits per heavy atom. The maximum atomic E-state index is 10.0. The van der Waals surface area contributed by atoms with Crippen LogP contribution in [0, 0.1) is 0 Å². The molecule has 1 aliphatic carbocycles. The molecule has 5 heteroatoms. The highest BCUT2D eigenvalue weighted by molar-refractivity contribution is 5.72. The van der Waals surface area contributed by atoms with E-state index >= 15 is 0 Å². The number of fused-ring (bicyclic) bond motifs is 1. The van der Waals surface area contributed by atoms with Gasteiger partial charge in [-0.15, -0.1) is 0 Å². The molecule has 1 heterocycles. The first-order valence-corrected chi connectivity index (χ1v) is 10.6. The Hall–Kier alpha value is -2.14. The average molecular weight is 384 g/mol.